The van der Waals surface area contributed by atoms with E-state index in [1.165, 1.54) is 42.5 Å². The summed E-state index contributed by atoms with van der Waals surface area (Å²) in [7, 11) is 0. The fraction of sp³-hybridized carbons (Fsp3) is 0.600. The molecule has 5 heteroatoms. The summed E-state index contributed by atoms with van der Waals surface area (Å²) in [4.78, 5) is 2.80. The van der Waals surface area contributed by atoms with E-state index >= 15 is 0 Å². The normalized spacial score (nSPS) is 16.7. The molecule has 0 fully saturated rings. The van der Waals surface area contributed by atoms with Crippen LogP contribution in [0.5, 0.6) is 0 Å². The fourth-order valence-corrected chi connectivity index (χ4v) is 4.15. The average molecular weight is 290 g/mol. The molecule has 0 spiro atoms. The maximum atomic E-state index is 6.45. The van der Waals surface area contributed by atoms with E-state index in [0.29, 0.717) is 0 Å². The topological polar surface area (TPSA) is 56.7 Å². The number of fused-ring (bicyclic) bond motifs is 1. The van der Waals surface area contributed by atoms with Gasteiger partial charge in [-0.15, -0.1) is 16.4 Å². The third-order valence-corrected chi connectivity index (χ3v) is 5.29. The van der Waals surface area contributed by atoms with Crippen LogP contribution >= 0.6 is 11.3 Å². The van der Waals surface area contributed by atoms with Crippen molar-refractivity contribution in [3.05, 3.63) is 33.3 Å². The molecule has 1 unspecified atom stereocenters. The van der Waals surface area contributed by atoms with Crippen molar-refractivity contribution in [1.29, 1.82) is 0 Å². The number of nitrogens with two attached hydrogens (primary N) is 1. The van der Waals surface area contributed by atoms with E-state index in [2.05, 4.69) is 23.3 Å². The Labute approximate surface area is 124 Å². The lowest BCUT2D eigenvalue weighted by Crippen LogP contribution is -2.16. The Morgan fingerprint density at radius 2 is 2.20 bits per heavy atom. The molecule has 0 aliphatic heterocycles. The highest BCUT2D eigenvalue weighted by Crippen LogP contribution is 2.33. The maximum absolute atomic E-state index is 6.45. The third kappa shape index (κ3) is 2.65. The van der Waals surface area contributed by atoms with E-state index in [-0.39, 0.29) is 6.04 Å². The summed E-state index contributed by atoms with van der Waals surface area (Å²) >= 11 is 1.89. The van der Waals surface area contributed by atoms with Crippen LogP contribution in [-0.2, 0) is 19.4 Å². The highest BCUT2D eigenvalue weighted by molar-refractivity contribution is 7.12. The summed E-state index contributed by atoms with van der Waals surface area (Å²) in [5, 5.41) is 8.16. The predicted octanol–water partition coefficient (Wildman–Crippen LogP) is 3.07. The molecule has 108 valence electrons. The van der Waals surface area contributed by atoms with Gasteiger partial charge in [0.05, 0.1) is 17.9 Å². The molecule has 0 saturated carbocycles. The molecule has 4 nitrogen and oxygen atoms in total. The quantitative estimate of drug-likeness (QED) is 0.880. The minimum Gasteiger partial charge on any atom is -0.318 e. The van der Waals surface area contributed by atoms with Gasteiger partial charge in [0, 0.05) is 16.3 Å². The molecule has 0 amide bonds. The molecule has 1 aliphatic rings. The van der Waals surface area contributed by atoms with Crippen molar-refractivity contribution in [2.75, 3.05) is 0 Å². The van der Waals surface area contributed by atoms with Crippen molar-refractivity contribution < 1.29 is 0 Å². The Morgan fingerprint density at radius 3 is 3.05 bits per heavy atom. The lowest BCUT2D eigenvalue weighted by atomic mass is 10.1. The number of aromatic nitrogens is 3. The Hall–Kier alpha value is -1.20. The second-order valence-electron chi connectivity index (χ2n) is 5.52. The van der Waals surface area contributed by atoms with Crippen molar-refractivity contribution in [3.63, 3.8) is 0 Å². The molecule has 0 radical (unpaired) electrons. The number of hydrogen-bond donors (Lipinski definition) is 1. The van der Waals surface area contributed by atoms with Gasteiger partial charge in [-0.3, -0.25) is 0 Å². The number of aryl methyl sites for hydroxylation is 3. The van der Waals surface area contributed by atoms with Gasteiger partial charge in [-0.25, -0.2) is 4.68 Å². The minimum absolute atomic E-state index is 0.0894. The van der Waals surface area contributed by atoms with Gasteiger partial charge in [0.25, 0.3) is 0 Å². The number of hydrogen-bond acceptors (Lipinski definition) is 4. The third-order valence-electron chi connectivity index (χ3n) is 3.97. The summed E-state index contributed by atoms with van der Waals surface area (Å²) in [6, 6.07) is 2.23. The fourth-order valence-electron chi connectivity index (χ4n) is 2.88. The first kappa shape index (κ1) is 13.8. The molecule has 2 N–H and O–H groups in total. The zero-order valence-corrected chi connectivity index (χ0v) is 12.8. The molecule has 2 aromatic heterocycles. The van der Waals surface area contributed by atoms with Crippen LogP contribution in [0.4, 0.5) is 0 Å². The Bertz CT molecular complexity index is 549. The number of nitrogens with zero attached hydrogens (tertiary/aromatic N) is 3. The standard InChI is InChI=1S/C15H22N4S/c1-2-8-19-12(10-17-18-19)15(16)14-9-11-6-4-3-5-7-13(11)20-14/h9-10,15H,2-8,16H2,1H3. The molecule has 1 atom stereocenters. The molecule has 0 bridgehead atoms. The molecule has 3 rings (SSSR count). The zero-order chi connectivity index (χ0) is 13.9. The van der Waals surface area contributed by atoms with Gasteiger partial charge in [0.15, 0.2) is 0 Å². The highest BCUT2D eigenvalue weighted by atomic mass is 32.1. The van der Waals surface area contributed by atoms with Crippen molar-refractivity contribution in [3.8, 4) is 0 Å². The first-order valence-corrected chi connectivity index (χ1v) is 8.36. The second-order valence-corrected chi connectivity index (χ2v) is 6.69. The summed E-state index contributed by atoms with van der Waals surface area (Å²) < 4.78 is 1.94. The molecule has 2 heterocycles. The molecular weight excluding hydrogens is 268 g/mol. The molecule has 1 aliphatic carbocycles. The summed E-state index contributed by atoms with van der Waals surface area (Å²) in [6.45, 7) is 3.03. The largest absolute Gasteiger partial charge is 0.318 e. The van der Waals surface area contributed by atoms with Crippen LogP contribution < -0.4 is 5.73 Å². The van der Waals surface area contributed by atoms with Gasteiger partial charge < -0.3 is 5.73 Å². The van der Waals surface area contributed by atoms with Crippen LogP contribution in [0.2, 0.25) is 0 Å². The highest BCUT2D eigenvalue weighted by Gasteiger charge is 2.20. The van der Waals surface area contributed by atoms with Crippen LogP contribution in [-0.4, -0.2) is 15.0 Å². The summed E-state index contributed by atoms with van der Waals surface area (Å²) in [6.07, 6.45) is 9.28. The van der Waals surface area contributed by atoms with Crippen molar-refractivity contribution in [2.45, 2.75) is 58.0 Å². The Balaban J connectivity index is 1.86. The Kier molecular flexibility index (Phi) is 4.17. The van der Waals surface area contributed by atoms with Gasteiger partial charge in [-0.05, 0) is 43.7 Å². The van der Waals surface area contributed by atoms with Gasteiger partial charge in [0.1, 0.15) is 0 Å². The summed E-state index contributed by atoms with van der Waals surface area (Å²) in [5.74, 6) is 0. The molecule has 0 saturated heterocycles. The van der Waals surface area contributed by atoms with Crippen LogP contribution in [0, 0.1) is 0 Å². The SMILES string of the molecule is CCCn1nncc1C(N)c1cc2c(s1)CCCCC2. The van der Waals surface area contributed by atoms with E-state index in [0.717, 1.165) is 18.7 Å². The van der Waals surface area contributed by atoms with E-state index in [4.69, 9.17) is 5.73 Å². The van der Waals surface area contributed by atoms with E-state index in [1.807, 2.05) is 22.2 Å². The number of rotatable bonds is 4. The number of thiophene rings is 1. The van der Waals surface area contributed by atoms with Gasteiger partial charge in [-0.1, -0.05) is 18.6 Å². The van der Waals surface area contributed by atoms with Gasteiger partial charge in [-0.2, -0.15) is 0 Å². The first-order chi connectivity index (χ1) is 9.79. The Morgan fingerprint density at radius 1 is 1.35 bits per heavy atom. The van der Waals surface area contributed by atoms with Gasteiger partial charge >= 0.3 is 0 Å². The van der Waals surface area contributed by atoms with Crippen molar-refractivity contribution in [2.24, 2.45) is 5.73 Å². The molecule has 2 aromatic rings. The predicted molar refractivity (Wildman–Crippen MR) is 81.9 cm³/mol. The van der Waals surface area contributed by atoms with E-state index < -0.39 is 0 Å². The first-order valence-electron chi connectivity index (χ1n) is 7.55. The van der Waals surface area contributed by atoms with Crippen LogP contribution in [0.1, 0.15) is 59.7 Å². The summed E-state index contributed by atoms with van der Waals surface area (Å²) in [5.41, 5.74) is 9.00. The average Bonchev–Trinajstić information content (AvgIpc) is 3.01. The van der Waals surface area contributed by atoms with E-state index in [9.17, 15) is 0 Å². The van der Waals surface area contributed by atoms with E-state index in [1.54, 1.807) is 4.88 Å². The minimum atomic E-state index is -0.0894. The van der Waals surface area contributed by atoms with Crippen molar-refractivity contribution in [1.82, 2.24) is 15.0 Å². The molecule has 0 aromatic carbocycles. The zero-order valence-electron chi connectivity index (χ0n) is 12.0. The molecule has 20 heavy (non-hydrogen) atoms. The molecular formula is C15H22N4S. The monoisotopic (exact) mass is 290 g/mol. The van der Waals surface area contributed by atoms with Crippen molar-refractivity contribution >= 4 is 11.3 Å². The van der Waals surface area contributed by atoms with Crippen LogP contribution in [0.25, 0.3) is 0 Å². The van der Waals surface area contributed by atoms with Crippen LogP contribution in [0.3, 0.4) is 0 Å². The van der Waals surface area contributed by atoms with Gasteiger partial charge in [0.2, 0.25) is 0 Å². The lowest BCUT2D eigenvalue weighted by molar-refractivity contribution is 0.545. The van der Waals surface area contributed by atoms with Crippen LogP contribution in [0.15, 0.2) is 12.3 Å². The smallest absolute Gasteiger partial charge is 0.0833 e. The second kappa shape index (κ2) is 6.06. The maximum Gasteiger partial charge on any atom is 0.0833 e. The lowest BCUT2D eigenvalue weighted by Gasteiger charge is -2.11.